The Balaban J connectivity index is 0.000000296. The molecule has 0 aliphatic rings. The molecule has 269 valence electrons. The van der Waals surface area contributed by atoms with Crippen LogP contribution in [0.5, 0.6) is 0 Å². The molecule has 0 unspecified atom stereocenters. The summed E-state index contributed by atoms with van der Waals surface area (Å²) in [5.41, 5.74) is 2.63. The van der Waals surface area contributed by atoms with E-state index >= 15 is 0 Å². The van der Waals surface area contributed by atoms with Crippen LogP contribution in [0.4, 0.5) is 0 Å². The van der Waals surface area contributed by atoms with E-state index in [1.165, 1.54) is 36.7 Å². The summed E-state index contributed by atoms with van der Waals surface area (Å²) < 4.78 is 126. The molecule has 4 heterocycles. The average Bonchev–Trinajstić information content (AvgIpc) is 3.57. The number of pyridine rings is 3. The van der Waals surface area contributed by atoms with Gasteiger partial charge in [-0.25, -0.2) is 4.98 Å². The first kappa shape index (κ1) is 23.3. The smallest absolute Gasteiger partial charge is 0.216 e. The summed E-state index contributed by atoms with van der Waals surface area (Å²) in [7, 11) is 0. The second kappa shape index (κ2) is 15.7. The third-order valence-electron chi connectivity index (χ3n) is 7.83. The summed E-state index contributed by atoms with van der Waals surface area (Å²) in [6.07, 6.45) is 1.74. The van der Waals surface area contributed by atoms with Gasteiger partial charge in [-0.15, -0.1) is 53.6 Å². The van der Waals surface area contributed by atoms with Crippen LogP contribution in [0.3, 0.4) is 0 Å². The van der Waals surface area contributed by atoms with Gasteiger partial charge in [-0.05, 0) is 101 Å². The summed E-state index contributed by atoms with van der Waals surface area (Å²) in [4.78, 5) is 12.9. The van der Waals surface area contributed by atoms with Gasteiger partial charge in [0, 0.05) is 62.8 Å². The fourth-order valence-electron chi connectivity index (χ4n) is 5.73. The standard InChI is InChI=1S/C30H29N2O.C17H20N.Ir/c1-18-14-21(16-30(4,5)6)11-13-22(18)26-15-27(31-17-19(26)2)25-9-7-8-23-24-12-10-20(3)32-29(24)33-28(23)25;1-13-5-8-15(9-6-13)16-10-7-14(12-18-16)11-17(2,3)4;/h7-8,10-15,17H,16H2,1-6H3;5-8,10,12H,11H2,1-4H3;/q2*-1;/i1D3,2D3,3D3,13D;1D3,11D2;. The van der Waals surface area contributed by atoms with Crippen LogP contribution in [0.1, 0.15) is 95.6 Å². The monoisotopic (exact) mass is 879 g/mol. The van der Waals surface area contributed by atoms with Gasteiger partial charge in [0.1, 0.15) is 0 Å². The predicted molar refractivity (Wildman–Crippen MR) is 213 cm³/mol. The molecule has 52 heavy (non-hydrogen) atoms. The average molecular weight is 879 g/mol. The first-order valence-corrected chi connectivity index (χ1v) is 16.6. The fourth-order valence-corrected chi connectivity index (χ4v) is 5.73. The summed E-state index contributed by atoms with van der Waals surface area (Å²) in [5, 5.41) is 1.19. The van der Waals surface area contributed by atoms with Gasteiger partial charge >= 0.3 is 0 Å². The molecule has 0 atom stereocenters. The Labute approximate surface area is 344 Å². The van der Waals surface area contributed by atoms with Crippen LogP contribution in [-0.4, -0.2) is 15.0 Å². The Morgan fingerprint density at radius 3 is 2.25 bits per heavy atom. The van der Waals surface area contributed by atoms with E-state index < -0.39 is 39.2 Å². The third-order valence-corrected chi connectivity index (χ3v) is 7.83. The SMILES string of the molecule is [2H]C([2H])([2H])c1c[c-]c(-c2ccc(C([2H])([2H])C(C)(C)C)cn2)cc1.[2H]c1cc(CC(C)(C)C)cc(C([2H])([2H])[2H])c1-c1cc(-c2[c-]ccc3c2oc2nc(C([2H])([2H])[2H])ccc23)ncc1C([2H])([2H])[2H].[Ir]. The zero-order chi connectivity index (χ0) is 49.2. The van der Waals surface area contributed by atoms with E-state index in [9.17, 15) is 0 Å². The summed E-state index contributed by atoms with van der Waals surface area (Å²) in [6, 6.07) is 25.0. The van der Waals surface area contributed by atoms with Crippen LogP contribution in [0.25, 0.3) is 55.7 Å². The van der Waals surface area contributed by atoms with Crippen molar-refractivity contribution in [2.75, 3.05) is 0 Å². The number of fused-ring (bicyclic) bond motifs is 3. The van der Waals surface area contributed by atoms with Crippen molar-refractivity contribution < 1.29 is 45.1 Å². The van der Waals surface area contributed by atoms with Crippen molar-refractivity contribution in [1.82, 2.24) is 15.0 Å². The van der Waals surface area contributed by atoms with E-state index in [0.29, 0.717) is 50.7 Å². The second-order valence-electron chi connectivity index (χ2n) is 14.7. The maximum atomic E-state index is 8.89. The second-order valence-corrected chi connectivity index (χ2v) is 14.7. The van der Waals surface area contributed by atoms with E-state index in [0.717, 1.165) is 0 Å². The molecule has 0 fully saturated rings. The Morgan fingerprint density at radius 2 is 1.58 bits per heavy atom. The van der Waals surface area contributed by atoms with Crippen molar-refractivity contribution in [3.8, 4) is 33.6 Å². The molecule has 3 aromatic carbocycles. The van der Waals surface area contributed by atoms with E-state index in [4.69, 9.17) is 25.0 Å². The first-order valence-electron chi connectivity index (χ1n) is 24.1. The predicted octanol–water partition coefficient (Wildman–Crippen LogP) is 12.5. The molecule has 0 bridgehead atoms. The number of hydrogen-bond donors (Lipinski definition) is 0. The fraction of sp³-hybridized carbons (Fsp3) is 0.298. The number of rotatable bonds is 5. The molecular formula is C47H49IrN3O-2. The summed E-state index contributed by atoms with van der Waals surface area (Å²) >= 11 is 0. The minimum Gasteiger partial charge on any atom is -0.486 e. The van der Waals surface area contributed by atoms with Gasteiger partial charge in [-0.1, -0.05) is 95.7 Å². The molecule has 5 heteroatoms. The molecule has 7 aromatic rings. The quantitative estimate of drug-likeness (QED) is 0.162. The number of aromatic nitrogens is 3. The molecule has 0 saturated heterocycles. The number of hydrogen-bond acceptors (Lipinski definition) is 4. The molecule has 4 nitrogen and oxygen atoms in total. The molecule has 0 spiro atoms. The van der Waals surface area contributed by atoms with Crippen molar-refractivity contribution in [3.63, 3.8) is 0 Å². The topological polar surface area (TPSA) is 51.8 Å². The van der Waals surface area contributed by atoms with Gasteiger partial charge in [0.05, 0.1) is 6.95 Å². The van der Waals surface area contributed by atoms with Gasteiger partial charge in [0.25, 0.3) is 0 Å². The minimum absolute atomic E-state index is 0. The Bertz CT molecular complexity index is 2880. The molecule has 0 aliphatic carbocycles. The third kappa shape index (κ3) is 9.31. The number of aryl methyl sites for hydroxylation is 4. The maximum Gasteiger partial charge on any atom is 0.216 e. The van der Waals surface area contributed by atoms with Crippen molar-refractivity contribution in [1.29, 1.82) is 0 Å². The van der Waals surface area contributed by atoms with Crippen molar-refractivity contribution in [2.45, 2.75) is 81.7 Å². The van der Waals surface area contributed by atoms with Gasteiger partial charge < -0.3 is 14.4 Å². The van der Waals surface area contributed by atoms with E-state index in [1.54, 1.807) is 48.5 Å². The molecule has 7 rings (SSSR count). The zero-order valence-corrected chi connectivity index (χ0v) is 32.3. The Hall–Kier alpha value is -4.44. The molecule has 0 saturated carbocycles. The van der Waals surface area contributed by atoms with Crippen LogP contribution < -0.4 is 0 Å². The van der Waals surface area contributed by atoms with E-state index in [1.807, 2.05) is 41.5 Å². The van der Waals surface area contributed by atoms with Gasteiger partial charge in [0.2, 0.25) is 5.71 Å². The van der Waals surface area contributed by atoms with Crippen LogP contribution in [-0.2, 0) is 32.9 Å². The van der Waals surface area contributed by atoms with Crippen LogP contribution in [0.15, 0.2) is 95.6 Å². The van der Waals surface area contributed by atoms with Crippen LogP contribution >= 0.6 is 0 Å². The normalized spacial score (nSPS) is 17.2. The van der Waals surface area contributed by atoms with Gasteiger partial charge in [-0.2, -0.15) is 0 Å². The number of benzene rings is 3. The van der Waals surface area contributed by atoms with Crippen molar-refractivity contribution >= 4 is 22.1 Å². The van der Waals surface area contributed by atoms with Gasteiger partial charge in [0.15, 0.2) is 0 Å². The zero-order valence-electron chi connectivity index (χ0n) is 44.9. The molecule has 0 amide bonds. The molecule has 4 aromatic heterocycles. The Kier molecular flexibility index (Phi) is 7.01. The minimum atomic E-state index is -2.66. The van der Waals surface area contributed by atoms with Crippen molar-refractivity contribution in [2.24, 2.45) is 10.8 Å². The van der Waals surface area contributed by atoms with Crippen LogP contribution in [0, 0.1) is 50.4 Å². The Morgan fingerprint density at radius 1 is 0.750 bits per heavy atom. The summed E-state index contributed by atoms with van der Waals surface area (Å²) in [5.74, 6) is 0. The maximum absolute atomic E-state index is 8.89. The van der Waals surface area contributed by atoms with Crippen LogP contribution in [0.2, 0.25) is 0 Å². The molecule has 1 radical (unpaired) electrons. The summed E-state index contributed by atoms with van der Waals surface area (Å²) in [6.45, 7) is 1.71. The number of furan rings is 1. The van der Waals surface area contributed by atoms with Crippen molar-refractivity contribution in [3.05, 3.63) is 137 Å². The number of nitrogens with zero attached hydrogens (tertiary/aromatic N) is 3. The van der Waals surface area contributed by atoms with Gasteiger partial charge in [-0.3, -0.25) is 0 Å². The molecule has 0 aliphatic heterocycles. The van der Waals surface area contributed by atoms with E-state index in [2.05, 4.69) is 27.1 Å². The first-order chi connectivity index (χ1) is 30.2. The van der Waals surface area contributed by atoms with E-state index in [-0.39, 0.29) is 76.5 Å². The molecule has 0 N–H and O–H groups in total. The molecular weight excluding hydrogens is 815 g/mol. The largest absolute Gasteiger partial charge is 0.486 e.